The zero-order valence-corrected chi connectivity index (χ0v) is 13.2. The number of hydrogen-bond donors (Lipinski definition) is 1. The van der Waals surface area contributed by atoms with Crippen molar-refractivity contribution in [3.63, 3.8) is 0 Å². The second-order valence-electron chi connectivity index (χ2n) is 5.84. The van der Waals surface area contributed by atoms with E-state index in [0.29, 0.717) is 6.42 Å². The zero-order chi connectivity index (χ0) is 15.8. The Kier molecular flexibility index (Phi) is 3.50. The largest absolute Gasteiger partial charge is 0.294 e. The Balaban J connectivity index is 1.74. The molecule has 1 aliphatic rings. The molecule has 4 rings (SSSR count). The van der Waals surface area contributed by atoms with Crippen LogP contribution in [0.3, 0.4) is 0 Å². The highest BCUT2D eigenvalue weighted by atomic mass is 35.5. The Labute approximate surface area is 139 Å². The molecule has 0 saturated carbocycles. The van der Waals surface area contributed by atoms with Crippen molar-refractivity contribution in [3.05, 3.63) is 76.4 Å². The van der Waals surface area contributed by atoms with E-state index in [1.165, 1.54) is 0 Å². The van der Waals surface area contributed by atoms with Crippen molar-refractivity contribution in [1.29, 1.82) is 0 Å². The number of Topliss-reactive ketones (excluding diaryl/α,β-unsaturated/α-hetero) is 1. The number of nitrogens with zero attached hydrogens (tertiary/aromatic N) is 1. The summed E-state index contributed by atoms with van der Waals surface area (Å²) in [7, 11) is 0. The first kappa shape index (κ1) is 14.2. The molecule has 1 aliphatic carbocycles. The van der Waals surface area contributed by atoms with Gasteiger partial charge in [-0.3, -0.25) is 9.89 Å². The predicted molar refractivity (Wildman–Crippen MR) is 90.9 cm³/mol. The quantitative estimate of drug-likeness (QED) is 0.747. The molecule has 1 atom stereocenters. The minimum absolute atomic E-state index is 0.104. The topological polar surface area (TPSA) is 45.8 Å². The number of ketones is 1. The lowest BCUT2D eigenvalue weighted by molar-refractivity contribution is 0.0965. The monoisotopic (exact) mass is 322 g/mol. The summed E-state index contributed by atoms with van der Waals surface area (Å²) in [6.45, 7) is 0. The van der Waals surface area contributed by atoms with Gasteiger partial charge in [0.2, 0.25) is 0 Å². The van der Waals surface area contributed by atoms with E-state index in [-0.39, 0.29) is 11.7 Å². The molecular formula is C19H15ClN2O. The van der Waals surface area contributed by atoms with Gasteiger partial charge in [0.25, 0.3) is 0 Å². The average molecular weight is 323 g/mol. The maximum absolute atomic E-state index is 12.7. The maximum atomic E-state index is 12.7. The molecule has 0 spiro atoms. The third kappa shape index (κ3) is 2.47. The minimum atomic E-state index is 0.104. The molecule has 3 aromatic rings. The SMILES string of the molecule is O=C1CC(c2ccccc2Cl)Cc2[nH]nc(-c3ccccc3)c21. The van der Waals surface area contributed by atoms with Crippen molar-refractivity contribution in [2.45, 2.75) is 18.8 Å². The second kappa shape index (κ2) is 5.67. The van der Waals surface area contributed by atoms with E-state index in [2.05, 4.69) is 10.2 Å². The summed E-state index contributed by atoms with van der Waals surface area (Å²) >= 11 is 6.30. The molecule has 3 nitrogen and oxygen atoms in total. The van der Waals surface area contributed by atoms with Gasteiger partial charge < -0.3 is 0 Å². The summed E-state index contributed by atoms with van der Waals surface area (Å²) in [5.41, 5.74) is 4.39. The lowest BCUT2D eigenvalue weighted by atomic mass is 9.81. The molecule has 0 bridgehead atoms. The summed E-state index contributed by atoms with van der Waals surface area (Å²) in [6.07, 6.45) is 1.22. The smallest absolute Gasteiger partial charge is 0.167 e. The molecular weight excluding hydrogens is 308 g/mol. The van der Waals surface area contributed by atoms with Crippen LogP contribution in [0.2, 0.25) is 5.02 Å². The number of aromatic nitrogens is 2. The van der Waals surface area contributed by atoms with Crippen LogP contribution in [0.4, 0.5) is 0 Å². The van der Waals surface area contributed by atoms with E-state index in [1.807, 2.05) is 54.6 Å². The lowest BCUT2D eigenvalue weighted by Crippen LogP contribution is -2.18. The molecule has 2 aromatic carbocycles. The molecule has 0 fully saturated rings. The minimum Gasteiger partial charge on any atom is -0.294 e. The van der Waals surface area contributed by atoms with Crippen LogP contribution in [0.1, 0.15) is 34.0 Å². The summed E-state index contributed by atoms with van der Waals surface area (Å²) in [5, 5.41) is 8.17. The standard InChI is InChI=1S/C19H15ClN2O/c20-15-9-5-4-8-14(15)13-10-16-18(17(23)11-13)19(22-21-16)12-6-2-1-3-7-12/h1-9,13H,10-11H2,(H,21,22). The van der Waals surface area contributed by atoms with E-state index in [0.717, 1.165) is 39.5 Å². The van der Waals surface area contributed by atoms with Gasteiger partial charge in [-0.05, 0) is 24.0 Å². The van der Waals surface area contributed by atoms with Gasteiger partial charge in [-0.15, -0.1) is 0 Å². The first-order valence-corrected chi connectivity index (χ1v) is 8.02. The van der Waals surface area contributed by atoms with Crippen LogP contribution < -0.4 is 0 Å². The molecule has 4 heteroatoms. The highest BCUT2D eigenvalue weighted by molar-refractivity contribution is 6.31. The van der Waals surface area contributed by atoms with Gasteiger partial charge in [-0.25, -0.2) is 0 Å². The van der Waals surface area contributed by atoms with Gasteiger partial charge in [-0.2, -0.15) is 5.10 Å². The van der Waals surface area contributed by atoms with Crippen LogP contribution in [0.5, 0.6) is 0 Å². The van der Waals surface area contributed by atoms with Gasteiger partial charge in [0.1, 0.15) is 5.69 Å². The van der Waals surface area contributed by atoms with Crippen molar-refractivity contribution in [2.24, 2.45) is 0 Å². The number of nitrogens with one attached hydrogen (secondary N) is 1. The van der Waals surface area contributed by atoms with Gasteiger partial charge >= 0.3 is 0 Å². The second-order valence-corrected chi connectivity index (χ2v) is 6.25. The maximum Gasteiger partial charge on any atom is 0.167 e. The fourth-order valence-corrected chi connectivity index (χ4v) is 3.59. The van der Waals surface area contributed by atoms with E-state index in [1.54, 1.807) is 0 Å². The summed E-state index contributed by atoms with van der Waals surface area (Å²) in [5.74, 6) is 0.233. The molecule has 1 N–H and O–H groups in total. The zero-order valence-electron chi connectivity index (χ0n) is 12.4. The number of hydrogen-bond acceptors (Lipinski definition) is 2. The van der Waals surface area contributed by atoms with E-state index in [9.17, 15) is 4.79 Å². The van der Waals surface area contributed by atoms with E-state index < -0.39 is 0 Å². The number of halogens is 1. The van der Waals surface area contributed by atoms with Gasteiger partial charge in [-0.1, -0.05) is 60.1 Å². The van der Waals surface area contributed by atoms with Crippen molar-refractivity contribution >= 4 is 17.4 Å². The molecule has 1 unspecified atom stereocenters. The van der Waals surface area contributed by atoms with Crippen LogP contribution >= 0.6 is 11.6 Å². The van der Waals surface area contributed by atoms with Gasteiger partial charge in [0.15, 0.2) is 5.78 Å². The van der Waals surface area contributed by atoms with Gasteiger partial charge in [0, 0.05) is 22.7 Å². The number of carbonyl (C=O) groups excluding carboxylic acids is 1. The molecule has 1 aromatic heterocycles. The Bertz CT molecular complexity index is 870. The molecule has 1 heterocycles. The Morgan fingerprint density at radius 2 is 1.74 bits per heavy atom. The van der Waals surface area contributed by atoms with Crippen molar-refractivity contribution in [3.8, 4) is 11.3 Å². The first-order chi connectivity index (χ1) is 11.2. The van der Waals surface area contributed by atoms with E-state index in [4.69, 9.17) is 11.6 Å². The Morgan fingerprint density at radius 3 is 2.52 bits per heavy atom. The summed E-state index contributed by atoms with van der Waals surface area (Å²) < 4.78 is 0. The molecule has 0 radical (unpaired) electrons. The normalized spacial score (nSPS) is 17.1. The Morgan fingerprint density at radius 1 is 1.00 bits per heavy atom. The van der Waals surface area contributed by atoms with Crippen molar-refractivity contribution in [2.75, 3.05) is 0 Å². The highest BCUT2D eigenvalue weighted by Crippen LogP contribution is 2.38. The summed E-state index contributed by atoms with van der Waals surface area (Å²) in [4.78, 5) is 12.7. The fourth-order valence-electron chi connectivity index (χ4n) is 3.30. The number of rotatable bonds is 2. The number of aromatic amines is 1. The molecule has 0 amide bonds. The predicted octanol–water partition coefficient (Wildman–Crippen LogP) is 4.64. The fraction of sp³-hybridized carbons (Fsp3) is 0.158. The highest BCUT2D eigenvalue weighted by Gasteiger charge is 2.31. The summed E-state index contributed by atoms with van der Waals surface area (Å²) in [6, 6.07) is 17.6. The van der Waals surface area contributed by atoms with E-state index >= 15 is 0 Å². The molecule has 0 aliphatic heterocycles. The molecule has 23 heavy (non-hydrogen) atoms. The van der Waals surface area contributed by atoms with Crippen LogP contribution in [0.15, 0.2) is 54.6 Å². The number of benzene rings is 2. The molecule has 114 valence electrons. The van der Waals surface area contributed by atoms with Crippen LogP contribution in [0.25, 0.3) is 11.3 Å². The number of H-pyrrole nitrogens is 1. The van der Waals surface area contributed by atoms with Crippen LogP contribution in [-0.4, -0.2) is 16.0 Å². The first-order valence-electron chi connectivity index (χ1n) is 7.64. The third-order valence-corrected chi connectivity index (χ3v) is 4.74. The van der Waals surface area contributed by atoms with Crippen LogP contribution in [0, 0.1) is 0 Å². The Hall–Kier alpha value is -2.39. The number of carbonyl (C=O) groups is 1. The number of fused-ring (bicyclic) bond motifs is 1. The van der Waals surface area contributed by atoms with Crippen molar-refractivity contribution in [1.82, 2.24) is 10.2 Å². The van der Waals surface area contributed by atoms with Gasteiger partial charge in [0.05, 0.1) is 5.56 Å². The average Bonchev–Trinajstić information content (AvgIpc) is 3.00. The van der Waals surface area contributed by atoms with Crippen molar-refractivity contribution < 1.29 is 4.79 Å². The third-order valence-electron chi connectivity index (χ3n) is 4.39. The lowest BCUT2D eigenvalue weighted by Gasteiger charge is -2.22. The molecule has 0 saturated heterocycles. The van der Waals surface area contributed by atoms with Crippen LogP contribution in [-0.2, 0) is 6.42 Å².